The standard InChI is InChI=1S/C14H26N6OS.HI/c1-14(2,11(21)15-3)9-18-12(16-4)17-7-10-8-22-13(19-10)20(5)6;/h8H,7,9H2,1-6H3,(H,15,21)(H2,16,17,18);1H. The number of nitrogens with zero attached hydrogens (tertiary/aromatic N) is 3. The van der Waals surface area contributed by atoms with Gasteiger partial charge in [0, 0.05) is 40.1 Å². The molecule has 9 heteroatoms. The van der Waals surface area contributed by atoms with Gasteiger partial charge in [-0.05, 0) is 13.8 Å². The van der Waals surface area contributed by atoms with Crippen molar-refractivity contribution in [2.24, 2.45) is 10.4 Å². The van der Waals surface area contributed by atoms with E-state index in [2.05, 4.69) is 25.9 Å². The summed E-state index contributed by atoms with van der Waals surface area (Å²) in [6.45, 7) is 4.85. The zero-order valence-electron chi connectivity index (χ0n) is 14.6. The smallest absolute Gasteiger partial charge is 0.227 e. The molecule has 7 nitrogen and oxygen atoms in total. The first kappa shape index (κ1) is 21.9. The van der Waals surface area contributed by atoms with Gasteiger partial charge in [-0.2, -0.15) is 0 Å². The molecule has 132 valence electrons. The summed E-state index contributed by atoms with van der Waals surface area (Å²) < 4.78 is 0. The minimum Gasteiger partial charge on any atom is -0.359 e. The molecule has 1 aromatic heterocycles. The van der Waals surface area contributed by atoms with Crippen LogP contribution in [0.1, 0.15) is 19.5 Å². The molecular weight excluding hydrogens is 427 g/mol. The summed E-state index contributed by atoms with van der Waals surface area (Å²) in [5.41, 5.74) is 0.452. The first-order chi connectivity index (χ1) is 10.3. The maximum Gasteiger partial charge on any atom is 0.227 e. The number of rotatable bonds is 6. The van der Waals surface area contributed by atoms with Gasteiger partial charge in [0.2, 0.25) is 5.91 Å². The highest BCUT2D eigenvalue weighted by Gasteiger charge is 2.26. The van der Waals surface area contributed by atoms with Crippen molar-refractivity contribution in [1.29, 1.82) is 0 Å². The Kier molecular flexibility index (Phi) is 9.44. The van der Waals surface area contributed by atoms with Gasteiger partial charge in [-0.1, -0.05) is 0 Å². The summed E-state index contributed by atoms with van der Waals surface area (Å²) in [5, 5.41) is 12.0. The minimum absolute atomic E-state index is 0. The van der Waals surface area contributed by atoms with Gasteiger partial charge in [0.25, 0.3) is 0 Å². The largest absolute Gasteiger partial charge is 0.359 e. The fraction of sp³-hybridized carbons (Fsp3) is 0.643. The van der Waals surface area contributed by atoms with Crippen LogP contribution in [-0.2, 0) is 11.3 Å². The molecule has 0 saturated heterocycles. The summed E-state index contributed by atoms with van der Waals surface area (Å²) >= 11 is 1.60. The molecule has 0 bridgehead atoms. The van der Waals surface area contributed by atoms with Gasteiger partial charge >= 0.3 is 0 Å². The second-order valence-electron chi connectivity index (χ2n) is 5.76. The van der Waals surface area contributed by atoms with Crippen LogP contribution in [0.3, 0.4) is 0 Å². The molecule has 0 radical (unpaired) electrons. The molecule has 0 aromatic carbocycles. The van der Waals surface area contributed by atoms with Crippen molar-refractivity contribution in [3.8, 4) is 0 Å². The van der Waals surface area contributed by atoms with E-state index >= 15 is 0 Å². The lowest BCUT2D eigenvalue weighted by Gasteiger charge is -2.24. The Morgan fingerprint density at radius 3 is 2.52 bits per heavy atom. The van der Waals surface area contributed by atoms with E-state index in [0.717, 1.165) is 10.8 Å². The normalized spacial score (nSPS) is 11.5. The topological polar surface area (TPSA) is 81.7 Å². The van der Waals surface area contributed by atoms with Gasteiger partial charge in [-0.25, -0.2) is 4.98 Å². The van der Waals surface area contributed by atoms with Gasteiger partial charge in [0.15, 0.2) is 11.1 Å². The SMILES string of the molecule is CN=C(NCc1csc(N(C)C)n1)NCC(C)(C)C(=O)NC.I. The number of aliphatic imine (C=N–C) groups is 1. The lowest BCUT2D eigenvalue weighted by Crippen LogP contribution is -2.47. The maximum absolute atomic E-state index is 11.8. The molecule has 0 spiro atoms. The lowest BCUT2D eigenvalue weighted by molar-refractivity contribution is -0.128. The average molecular weight is 454 g/mol. The first-order valence-electron chi connectivity index (χ1n) is 7.08. The summed E-state index contributed by atoms with van der Waals surface area (Å²) in [6.07, 6.45) is 0. The van der Waals surface area contributed by atoms with Crippen LogP contribution in [0.25, 0.3) is 0 Å². The Morgan fingerprint density at radius 1 is 1.39 bits per heavy atom. The van der Waals surface area contributed by atoms with E-state index in [-0.39, 0.29) is 29.9 Å². The minimum atomic E-state index is -0.509. The Balaban J connectivity index is 0.00000484. The quantitative estimate of drug-likeness (QED) is 0.343. The fourth-order valence-electron chi connectivity index (χ4n) is 1.70. The van der Waals surface area contributed by atoms with Crippen LogP contribution in [0.5, 0.6) is 0 Å². The van der Waals surface area contributed by atoms with Crippen LogP contribution < -0.4 is 20.9 Å². The van der Waals surface area contributed by atoms with Crippen molar-refractivity contribution in [3.63, 3.8) is 0 Å². The van der Waals surface area contributed by atoms with Crippen LogP contribution in [0.4, 0.5) is 5.13 Å². The molecule has 0 atom stereocenters. The van der Waals surface area contributed by atoms with Gasteiger partial charge in [-0.15, -0.1) is 35.3 Å². The summed E-state index contributed by atoms with van der Waals surface area (Å²) in [4.78, 5) is 22.4. The predicted molar refractivity (Wildman–Crippen MR) is 108 cm³/mol. The monoisotopic (exact) mass is 454 g/mol. The molecule has 0 aliphatic carbocycles. The Bertz CT molecular complexity index is 529. The number of nitrogens with one attached hydrogen (secondary N) is 3. The van der Waals surface area contributed by atoms with Crippen molar-refractivity contribution >= 4 is 52.3 Å². The first-order valence-corrected chi connectivity index (χ1v) is 7.96. The number of halogens is 1. The second-order valence-corrected chi connectivity index (χ2v) is 6.59. The van der Waals surface area contributed by atoms with E-state index in [1.54, 1.807) is 25.4 Å². The van der Waals surface area contributed by atoms with Gasteiger partial charge in [-0.3, -0.25) is 9.79 Å². The number of carbonyl (C=O) groups excluding carboxylic acids is 1. The molecule has 0 aliphatic heterocycles. The van der Waals surface area contributed by atoms with Crippen molar-refractivity contribution in [3.05, 3.63) is 11.1 Å². The maximum atomic E-state index is 11.8. The lowest BCUT2D eigenvalue weighted by atomic mass is 9.92. The van der Waals surface area contributed by atoms with E-state index in [1.165, 1.54) is 0 Å². The number of aromatic nitrogens is 1. The summed E-state index contributed by atoms with van der Waals surface area (Å²) in [7, 11) is 7.28. The van der Waals surface area contributed by atoms with Crippen molar-refractivity contribution in [2.75, 3.05) is 39.6 Å². The molecule has 0 fully saturated rings. The Hall–Kier alpha value is -1.10. The molecule has 1 heterocycles. The van der Waals surface area contributed by atoms with E-state index < -0.39 is 5.41 Å². The van der Waals surface area contributed by atoms with Crippen LogP contribution in [-0.4, -0.2) is 51.6 Å². The van der Waals surface area contributed by atoms with Crippen LogP contribution in [0.15, 0.2) is 10.4 Å². The third-order valence-electron chi connectivity index (χ3n) is 3.12. The molecule has 23 heavy (non-hydrogen) atoms. The van der Waals surface area contributed by atoms with Crippen molar-refractivity contribution in [1.82, 2.24) is 20.9 Å². The van der Waals surface area contributed by atoms with Crippen LogP contribution in [0, 0.1) is 5.41 Å². The number of hydrogen-bond acceptors (Lipinski definition) is 5. The van der Waals surface area contributed by atoms with Crippen molar-refractivity contribution < 1.29 is 4.79 Å². The summed E-state index contributed by atoms with van der Waals surface area (Å²) in [5.74, 6) is 0.641. The molecule has 0 unspecified atom stereocenters. The molecule has 3 N–H and O–H groups in total. The van der Waals surface area contributed by atoms with Crippen LogP contribution >= 0.6 is 35.3 Å². The van der Waals surface area contributed by atoms with Crippen LogP contribution in [0.2, 0.25) is 0 Å². The number of thiazole rings is 1. The molecule has 1 amide bonds. The van der Waals surface area contributed by atoms with E-state index in [0.29, 0.717) is 19.0 Å². The fourth-order valence-corrected chi connectivity index (χ4v) is 2.46. The average Bonchev–Trinajstić information content (AvgIpc) is 2.95. The van der Waals surface area contributed by atoms with E-state index in [9.17, 15) is 4.79 Å². The van der Waals surface area contributed by atoms with E-state index in [1.807, 2.05) is 38.2 Å². The Morgan fingerprint density at radius 2 is 2.04 bits per heavy atom. The highest BCUT2D eigenvalue weighted by atomic mass is 127. The van der Waals surface area contributed by atoms with Gasteiger partial charge in [0.1, 0.15) is 0 Å². The predicted octanol–water partition coefficient (Wildman–Crippen LogP) is 1.26. The number of guanidine groups is 1. The van der Waals surface area contributed by atoms with Crippen molar-refractivity contribution in [2.45, 2.75) is 20.4 Å². The highest BCUT2D eigenvalue weighted by molar-refractivity contribution is 14.0. The molecule has 0 saturated carbocycles. The van der Waals surface area contributed by atoms with Gasteiger partial charge in [0.05, 0.1) is 17.7 Å². The zero-order chi connectivity index (χ0) is 16.8. The molecule has 1 rings (SSSR count). The highest BCUT2D eigenvalue weighted by Crippen LogP contribution is 2.17. The van der Waals surface area contributed by atoms with Gasteiger partial charge < -0.3 is 20.9 Å². The second kappa shape index (κ2) is 9.91. The number of amides is 1. The molecule has 0 aliphatic rings. The number of carbonyl (C=O) groups is 1. The van der Waals surface area contributed by atoms with E-state index in [4.69, 9.17) is 0 Å². The number of anilines is 1. The zero-order valence-corrected chi connectivity index (χ0v) is 17.7. The molecular formula is C14H27IN6OS. The number of hydrogen-bond donors (Lipinski definition) is 3. The third-order valence-corrected chi connectivity index (χ3v) is 4.18. The Labute approximate surface area is 159 Å². The third kappa shape index (κ3) is 6.90. The molecule has 1 aromatic rings. The summed E-state index contributed by atoms with van der Waals surface area (Å²) in [6, 6.07) is 0.